The fourth-order valence-electron chi connectivity index (χ4n) is 3.32. The first-order valence-corrected chi connectivity index (χ1v) is 9.55. The second-order valence-electron chi connectivity index (χ2n) is 7.30. The monoisotopic (exact) mass is 401 g/mol. The predicted octanol–water partition coefficient (Wildman–Crippen LogP) is 4.13. The van der Waals surface area contributed by atoms with Crippen molar-refractivity contribution in [1.82, 2.24) is 4.90 Å². The van der Waals surface area contributed by atoms with Gasteiger partial charge in [0.2, 0.25) is 5.91 Å². The van der Waals surface area contributed by atoms with Crippen LogP contribution in [0.15, 0.2) is 48.5 Å². The van der Waals surface area contributed by atoms with E-state index in [1.165, 1.54) is 0 Å². The molecule has 1 aliphatic rings. The molecule has 0 atom stereocenters. The molecule has 1 aliphatic heterocycles. The van der Waals surface area contributed by atoms with Crippen molar-refractivity contribution in [1.29, 1.82) is 0 Å². The summed E-state index contributed by atoms with van der Waals surface area (Å²) in [5, 5.41) is 2.88. The highest BCUT2D eigenvalue weighted by atomic mass is 35.5. The lowest BCUT2D eigenvalue weighted by Crippen LogP contribution is -2.37. The van der Waals surface area contributed by atoms with Crippen LogP contribution in [-0.2, 0) is 11.2 Å². The van der Waals surface area contributed by atoms with E-state index in [1.807, 2.05) is 29.2 Å². The molecule has 2 amide bonds. The van der Waals surface area contributed by atoms with Gasteiger partial charge in [0.15, 0.2) is 0 Å². The van der Waals surface area contributed by atoms with Crippen molar-refractivity contribution in [2.75, 3.05) is 24.1 Å². The summed E-state index contributed by atoms with van der Waals surface area (Å²) >= 11 is 0. The lowest BCUT2D eigenvalue weighted by molar-refractivity contribution is -0.116. The van der Waals surface area contributed by atoms with E-state index < -0.39 is 0 Å². The fraction of sp³-hybridized carbons (Fsp3) is 0.364. The molecule has 28 heavy (non-hydrogen) atoms. The van der Waals surface area contributed by atoms with E-state index in [-0.39, 0.29) is 24.2 Å². The summed E-state index contributed by atoms with van der Waals surface area (Å²) in [6.07, 6.45) is 3.08. The van der Waals surface area contributed by atoms with Crippen LogP contribution in [0.2, 0.25) is 0 Å². The highest BCUT2D eigenvalue weighted by molar-refractivity contribution is 5.96. The zero-order valence-electron chi connectivity index (χ0n) is 16.2. The smallest absolute Gasteiger partial charge is 0.253 e. The molecule has 3 N–H and O–H groups in total. The van der Waals surface area contributed by atoms with Crippen molar-refractivity contribution in [2.45, 2.75) is 32.6 Å². The first-order valence-electron chi connectivity index (χ1n) is 9.55. The summed E-state index contributed by atoms with van der Waals surface area (Å²) in [5.74, 6) is 0.694. The van der Waals surface area contributed by atoms with Crippen LogP contribution in [0.25, 0.3) is 0 Å². The Morgan fingerprint density at radius 1 is 1.07 bits per heavy atom. The number of rotatable bonds is 5. The maximum atomic E-state index is 12.6. The van der Waals surface area contributed by atoms with Gasteiger partial charge < -0.3 is 16.0 Å². The number of likely N-dealkylation sites (tertiary alicyclic amines) is 1. The van der Waals surface area contributed by atoms with Crippen LogP contribution in [-0.4, -0.2) is 29.8 Å². The number of nitrogens with zero attached hydrogens (tertiary/aromatic N) is 1. The summed E-state index contributed by atoms with van der Waals surface area (Å²) < 4.78 is 0. The van der Waals surface area contributed by atoms with E-state index in [9.17, 15) is 9.59 Å². The molecule has 1 fully saturated rings. The minimum absolute atomic E-state index is 0. The first-order chi connectivity index (χ1) is 13.0. The molecule has 3 rings (SSSR count). The lowest BCUT2D eigenvalue weighted by atomic mass is 9.98. The molecule has 1 saturated heterocycles. The Kier molecular flexibility index (Phi) is 7.88. The summed E-state index contributed by atoms with van der Waals surface area (Å²) in [4.78, 5) is 26.6. The van der Waals surface area contributed by atoms with Crippen LogP contribution in [0.5, 0.6) is 0 Å². The Morgan fingerprint density at radius 3 is 2.36 bits per heavy atom. The predicted molar refractivity (Wildman–Crippen MR) is 116 cm³/mol. The summed E-state index contributed by atoms with van der Waals surface area (Å²) in [6, 6.07) is 14.7. The topological polar surface area (TPSA) is 75.4 Å². The third kappa shape index (κ3) is 5.73. The van der Waals surface area contributed by atoms with Crippen LogP contribution in [0.3, 0.4) is 0 Å². The van der Waals surface area contributed by atoms with Gasteiger partial charge in [-0.05, 0) is 61.1 Å². The molecule has 150 valence electrons. The maximum absolute atomic E-state index is 12.6. The van der Waals surface area contributed by atoms with Gasteiger partial charge in [-0.25, -0.2) is 0 Å². The number of halogens is 1. The molecular formula is C22H28ClN3O2. The molecular weight excluding hydrogens is 374 g/mol. The summed E-state index contributed by atoms with van der Waals surface area (Å²) in [6.45, 7) is 3.87. The average molecular weight is 402 g/mol. The van der Waals surface area contributed by atoms with Crippen molar-refractivity contribution in [3.05, 3.63) is 59.7 Å². The van der Waals surface area contributed by atoms with E-state index in [2.05, 4.69) is 12.2 Å². The number of carbonyl (C=O) groups is 2. The van der Waals surface area contributed by atoms with E-state index in [1.54, 1.807) is 24.3 Å². The molecule has 6 heteroatoms. The van der Waals surface area contributed by atoms with E-state index in [4.69, 9.17) is 5.73 Å². The van der Waals surface area contributed by atoms with E-state index in [0.29, 0.717) is 35.7 Å². The molecule has 0 spiro atoms. The number of amides is 2. The third-order valence-electron chi connectivity index (χ3n) is 5.16. The number of hydrogen-bond acceptors (Lipinski definition) is 3. The number of anilines is 2. The van der Waals surface area contributed by atoms with Gasteiger partial charge in [-0.15, -0.1) is 12.4 Å². The number of carbonyl (C=O) groups excluding carboxylic acids is 2. The molecule has 1 heterocycles. The van der Waals surface area contributed by atoms with Gasteiger partial charge in [0.25, 0.3) is 5.91 Å². The van der Waals surface area contributed by atoms with E-state index in [0.717, 1.165) is 31.5 Å². The van der Waals surface area contributed by atoms with Crippen molar-refractivity contribution < 1.29 is 9.59 Å². The molecule has 0 aromatic heterocycles. The minimum atomic E-state index is -0.0673. The molecule has 0 bridgehead atoms. The molecule has 0 aliphatic carbocycles. The molecule has 2 aromatic carbocycles. The van der Waals surface area contributed by atoms with Crippen LogP contribution in [0.4, 0.5) is 11.4 Å². The Balaban J connectivity index is 0.00000280. The largest absolute Gasteiger partial charge is 0.399 e. The Labute approximate surface area is 172 Å². The van der Waals surface area contributed by atoms with Gasteiger partial charge in [-0.3, -0.25) is 9.59 Å². The molecule has 0 saturated carbocycles. The van der Waals surface area contributed by atoms with Gasteiger partial charge in [0.05, 0.1) is 0 Å². The van der Waals surface area contributed by atoms with Gasteiger partial charge in [0.1, 0.15) is 0 Å². The Morgan fingerprint density at radius 2 is 1.71 bits per heavy atom. The molecule has 0 unspecified atom stereocenters. The van der Waals surface area contributed by atoms with Crippen LogP contribution in [0.1, 0.15) is 42.1 Å². The third-order valence-corrected chi connectivity index (χ3v) is 5.16. The Bertz CT molecular complexity index is 800. The number of para-hydroxylation sites is 1. The molecule has 5 nitrogen and oxygen atoms in total. The SMILES string of the molecule is CC1CCN(C(=O)c2ccc(NC(=O)CCc3ccccc3N)cc2)CC1.Cl. The van der Waals surface area contributed by atoms with E-state index >= 15 is 0 Å². The average Bonchev–Trinajstić information content (AvgIpc) is 2.68. The van der Waals surface area contributed by atoms with Crippen LogP contribution in [0, 0.1) is 5.92 Å². The number of nitrogens with one attached hydrogen (secondary N) is 1. The van der Waals surface area contributed by atoms with Crippen LogP contribution >= 0.6 is 12.4 Å². The summed E-state index contributed by atoms with van der Waals surface area (Å²) in [7, 11) is 0. The number of benzene rings is 2. The number of piperidine rings is 1. The number of nitrogens with two attached hydrogens (primary N) is 1. The molecule has 2 aromatic rings. The van der Waals surface area contributed by atoms with Gasteiger partial charge in [0, 0.05) is 36.4 Å². The first kappa shape index (κ1) is 21.8. The van der Waals surface area contributed by atoms with Gasteiger partial charge >= 0.3 is 0 Å². The van der Waals surface area contributed by atoms with Gasteiger partial charge in [-0.1, -0.05) is 25.1 Å². The standard InChI is InChI=1S/C22H27N3O2.ClH/c1-16-12-14-25(15-13-16)22(27)18-6-9-19(10-7-18)24-21(26)11-8-17-4-2-3-5-20(17)23;/h2-7,9-10,16H,8,11-15,23H2,1H3,(H,24,26);1H. The number of nitrogen functional groups attached to an aromatic ring is 1. The fourth-order valence-corrected chi connectivity index (χ4v) is 3.32. The van der Waals surface area contributed by atoms with Crippen molar-refractivity contribution in [3.63, 3.8) is 0 Å². The second-order valence-corrected chi connectivity index (χ2v) is 7.30. The zero-order chi connectivity index (χ0) is 19.2. The quantitative estimate of drug-likeness (QED) is 0.739. The number of hydrogen-bond donors (Lipinski definition) is 2. The van der Waals surface area contributed by atoms with Crippen molar-refractivity contribution >= 4 is 35.6 Å². The maximum Gasteiger partial charge on any atom is 0.253 e. The van der Waals surface area contributed by atoms with Crippen molar-refractivity contribution in [2.24, 2.45) is 5.92 Å². The highest BCUT2D eigenvalue weighted by Crippen LogP contribution is 2.19. The van der Waals surface area contributed by atoms with Gasteiger partial charge in [-0.2, -0.15) is 0 Å². The summed E-state index contributed by atoms with van der Waals surface area (Å²) in [5.41, 5.74) is 8.96. The molecule has 0 radical (unpaired) electrons. The normalized spacial score (nSPS) is 14.2. The highest BCUT2D eigenvalue weighted by Gasteiger charge is 2.21. The lowest BCUT2D eigenvalue weighted by Gasteiger charge is -2.30. The van der Waals surface area contributed by atoms with Crippen LogP contribution < -0.4 is 11.1 Å². The zero-order valence-corrected chi connectivity index (χ0v) is 17.0. The van der Waals surface area contributed by atoms with Crippen molar-refractivity contribution in [3.8, 4) is 0 Å². The Hall–Kier alpha value is -2.53. The second kappa shape index (κ2) is 10.1. The number of aryl methyl sites for hydroxylation is 1. The minimum Gasteiger partial charge on any atom is -0.399 e.